The molecule has 0 aromatic heterocycles. The van der Waals surface area contributed by atoms with E-state index in [1.807, 2.05) is 106 Å². The molecule has 2 aromatic carbocycles. The summed E-state index contributed by atoms with van der Waals surface area (Å²) in [7, 11) is 3.45. The smallest absolute Gasteiger partial charge is 0.254 e. The number of aliphatic hydroxyl groups excluding tert-OH is 2. The van der Waals surface area contributed by atoms with Gasteiger partial charge in [0, 0.05) is 32.9 Å². The van der Waals surface area contributed by atoms with Crippen LogP contribution in [0.5, 0.6) is 0 Å². The number of anilines is 2. The van der Waals surface area contributed by atoms with Crippen LogP contribution in [-0.4, -0.2) is 59.8 Å². The van der Waals surface area contributed by atoms with E-state index in [-0.39, 0.29) is 13.1 Å². The van der Waals surface area contributed by atoms with Crippen LogP contribution in [0.3, 0.4) is 0 Å². The van der Waals surface area contributed by atoms with Crippen molar-refractivity contribution in [3.63, 3.8) is 0 Å². The largest absolute Gasteiger partial charge is 0.397 e. The summed E-state index contributed by atoms with van der Waals surface area (Å²) in [5, 5.41) is 23.2. The normalized spacial score (nSPS) is 14.1. The van der Waals surface area contributed by atoms with E-state index in [0.717, 1.165) is 28.1 Å². The van der Waals surface area contributed by atoms with E-state index >= 15 is 0 Å². The molecule has 0 fully saturated rings. The third-order valence-electron chi connectivity index (χ3n) is 6.20. The summed E-state index contributed by atoms with van der Waals surface area (Å²) >= 11 is 0. The number of carbonyl (C=O) groups is 2. The van der Waals surface area contributed by atoms with E-state index in [1.54, 1.807) is 0 Å². The highest BCUT2D eigenvalue weighted by molar-refractivity contribution is 5.90. The molecule has 8 heteroatoms. The second kappa shape index (κ2) is 14.8. The van der Waals surface area contributed by atoms with Crippen LogP contribution in [0.2, 0.25) is 0 Å². The summed E-state index contributed by atoms with van der Waals surface area (Å²) in [6.45, 7) is 6.35. The van der Waals surface area contributed by atoms with Crippen LogP contribution in [0.1, 0.15) is 31.4 Å². The van der Waals surface area contributed by atoms with Crippen LogP contribution in [0.15, 0.2) is 84.1 Å². The maximum absolute atomic E-state index is 12.6. The SMILES string of the molecule is CC.Cc1ccccc1CN(C)C(=O)C(O)C(O)C(=O)NCC1=CC=C(N(C)c2ccccc2N)C=CC1. The van der Waals surface area contributed by atoms with E-state index < -0.39 is 24.0 Å². The predicted molar refractivity (Wildman–Crippen MR) is 153 cm³/mol. The molecular formula is C30H40N4O4. The first-order valence-electron chi connectivity index (χ1n) is 12.8. The first kappa shape index (κ1) is 30.3. The number of hydrogen-bond acceptors (Lipinski definition) is 6. The molecule has 8 nitrogen and oxygen atoms in total. The Balaban J connectivity index is 0.00000247. The minimum absolute atomic E-state index is 0.168. The highest BCUT2D eigenvalue weighted by atomic mass is 16.3. The monoisotopic (exact) mass is 520 g/mol. The van der Waals surface area contributed by atoms with Gasteiger partial charge in [-0.25, -0.2) is 0 Å². The second-order valence-electron chi connectivity index (χ2n) is 8.87. The molecule has 0 radical (unpaired) electrons. The number of nitrogens with one attached hydrogen (secondary N) is 1. The molecule has 0 saturated heterocycles. The van der Waals surface area contributed by atoms with Gasteiger partial charge in [-0.1, -0.05) is 62.4 Å². The molecule has 2 atom stereocenters. The molecule has 204 valence electrons. The molecule has 2 amide bonds. The number of carbonyl (C=O) groups excluding carboxylic acids is 2. The fourth-order valence-corrected chi connectivity index (χ4v) is 3.88. The van der Waals surface area contributed by atoms with Gasteiger partial charge in [0.2, 0.25) is 0 Å². The van der Waals surface area contributed by atoms with Crippen molar-refractivity contribution in [1.29, 1.82) is 0 Å². The van der Waals surface area contributed by atoms with Crippen molar-refractivity contribution in [1.82, 2.24) is 10.2 Å². The third-order valence-corrected chi connectivity index (χ3v) is 6.20. The second-order valence-corrected chi connectivity index (χ2v) is 8.87. The van der Waals surface area contributed by atoms with Gasteiger partial charge >= 0.3 is 0 Å². The quantitative estimate of drug-likeness (QED) is 0.377. The van der Waals surface area contributed by atoms with Gasteiger partial charge in [-0.3, -0.25) is 9.59 Å². The first-order valence-corrected chi connectivity index (χ1v) is 12.8. The highest BCUT2D eigenvalue weighted by Gasteiger charge is 2.32. The Morgan fingerprint density at radius 1 is 1.00 bits per heavy atom. The molecular weight excluding hydrogens is 480 g/mol. The lowest BCUT2D eigenvalue weighted by atomic mass is 10.1. The number of aliphatic hydroxyl groups is 2. The molecule has 0 heterocycles. The molecule has 0 spiro atoms. The van der Waals surface area contributed by atoms with E-state index in [2.05, 4.69) is 5.32 Å². The third kappa shape index (κ3) is 8.06. The number of hydrogen-bond donors (Lipinski definition) is 4. The zero-order chi connectivity index (χ0) is 28.2. The van der Waals surface area contributed by atoms with Gasteiger partial charge in [0.25, 0.3) is 11.8 Å². The van der Waals surface area contributed by atoms with Gasteiger partial charge in [0.1, 0.15) is 0 Å². The van der Waals surface area contributed by atoms with Gasteiger partial charge in [-0.05, 0) is 54.3 Å². The number of para-hydroxylation sites is 2. The zero-order valence-electron chi connectivity index (χ0n) is 22.9. The number of amides is 2. The number of benzene rings is 2. The molecule has 0 saturated carbocycles. The van der Waals surface area contributed by atoms with E-state index in [1.165, 1.54) is 11.9 Å². The van der Waals surface area contributed by atoms with Crippen molar-refractivity contribution in [2.75, 3.05) is 31.3 Å². The maximum Gasteiger partial charge on any atom is 0.254 e. The minimum atomic E-state index is -1.88. The molecule has 2 unspecified atom stereocenters. The van der Waals surface area contributed by atoms with Crippen LogP contribution >= 0.6 is 0 Å². The number of aryl methyl sites for hydroxylation is 1. The number of rotatable bonds is 9. The van der Waals surface area contributed by atoms with Crippen molar-refractivity contribution in [2.24, 2.45) is 0 Å². The van der Waals surface area contributed by atoms with Crippen molar-refractivity contribution < 1.29 is 19.8 Å². The summed E-state index contributed by atoms with van der Waals surface area (Å²) in [4.78, 5) is 28.3. The highest BCUT2D eigenvalue weighted by Crippen LogP contribution is 2.26. The molecule has 1 aliphatic rings. The van der Waals surface area contributed by atoms with E-state index in [4.69, 9.17) is 5.73 Å². The van der Waals surface area contributed by atoms with E-state index in [0.29, 0.717) is 12.1 Å². The summed E-state index contributed by atoms with van der Waals surface area (Å²) in [5.74, 6) is -1.54. The number of nitrogen functional groups attached to an aromatic ring is 1. The summed E-state index contributed by atoms with van der Waals surface area (Å²) < 4.78 is 0. The summed E-state index contributed by atoms with van der Waals surface area (Å²) in [6.07, 6.45) is 4.62. The lowest BCUT2D eigenvalue weighted by molar-refractivity contribution is -0.152. The van der Waals surface area contributed by atoms with Gasteiger partial charge in [-0.15, -0.1) is 0 Å². The fourth-order valence-electron chi connectivity index (χ4n) is 3.88. The van der Waals surface area contributed by atoms with Gasteiger partial charge in [-0.2, -0.15) is 0 Å². The number of nitrogens with two attached hydrogens (primary N) is 1. The molecule has 2 aromatic rings. The fraction of sp³-hybridized carbons (Fsp3) is 0.333. The lowest BCUT2D eigenvalue weighted by Crippen LogP contribution is -2.50. The predicted octanol–water partition coefficient (Wildman–Crippen LogP) is 3.31. The Bertz CT molecular complexity index is 1190. The van der Waals surface area contributed by atoms with E-state index in [9.17, 15) is 19.8 Å². The van der Waals surface area contributed by atoms with Crippen LogP contribution in [0.25, 0.3) is 0 Å². The molecule has 5 N–H and O–H groups in total. The molecule has 1 aliphatic carbocycles. The van der Waals surface area contributed by atoms with Crippen molar-refractivity contribution in [3.8, 4) is 0 Å². The molecule has 0 aliphatic heterocycles. The topological polar surface area (TPSA) is 119 Å². The van der Waals surface area contributed by atoms with Crippen molar-refractivity contribution >= 4 is 23.2 Å². The Labute approximate surface area is 225 Å². The van der Waals surface area contributed by atoms with Gasteiger partial charge in [0.05, 0.1) is 11.4 Å². The zero-order valence-corrected chi connectivity index (χ0v) is 22.9. The van der Waals surface area contributed by atoms with Crippen LogP contribution < -0.4 is 16.0 Å². The summed E-state index contributed by atoms with van der Waals surface area (Å²) in [5.41, 5.74) is 11.4. The Morgan fingerprint density at radius 3 is 2.34 bits per heavy atom. The molecule has 38 heavy (non-hydrogen) atoms. The Morgan fingerprint density at radius 2 is 1.66 bits per heavy atom. The Kier molecular flexibility index (Phi) is 11.8. The standard InChI is InChI=1S/C28H34N4O4.C2H6/c1-19-9-4-5-11-21(19)18-31(2)28(36)26(34)25(33)27(35)30-17-20-10-8-12-22(16-15-20)32(3)24-14-7-6-13-23(24)29;1-2/h4-9,11-16,25-26,33-34H,10,17-18,29H2,1-3H3,(H,30,35);1-2H3. The van der Waals surface area contributed by atoms with Gasteiger partial charge in [0.15, 0.2) is 12.2 Å². The number of allylic oxidation sites excluding steroid dienone is 4. The van der Waals surface area contributed by atoms with Crippen molar-refractivity contribution in [3.05, 3.63) is 95.2 Å². The number of nitrogens with zero attached hydrogens (tertiary/aromatic N) is 2. The van der Waals surface area contributed by atoms with Crippen molar-refractivity contribution in [2.45, 2.75) is 45.9 Å². The van der Waals surface area contributed by atoms with Gasteiger partial charge < -0.3 is 31.1 Å². The molecule has 0 bridgehead atoms. The maximum atomic E-state index is 12.6. The summed E-state index contributed by atoms with van der Waals surface area (Å²) in [6, 6.07) is 15.2. The average molecular weight is 521 g/mol. The lowest BCUT2D eigenvalue weighted by Gasteiger charge is -2.24. The number of likely N-dealkylation sites (N-methyl/N-ethyl adjacent to an activating group) is 2. The average Bonchev–Trinajstić information content (AvgIpc) is 3.18. The van der Waals surface area contributed by atoms with Crippen LogP contribution in [-0.2, 0) is 16.1 Å². The minimum Gasteiger partial charge on any atom is -0.397 e. The first-order chi connectivity index (χ1) is 18.2. The Hall–Kier alpha value is -3.88. The molecule has 3 rings (SSSR count). The van der Waals surface area contributed by atoms with Crippen LogP contribution in [0, 0.1) is 6.92 Å². The van der Waals surface area contributed by atoms with Crippen LogP contribution in [0.4, 0.5) is 11.4 Å².